The van der Waals surface area contributed by atoms with Gasteiger partial charge in [0.25, 0.3) is 11.8 Å². The van der Waals surface area contributed by atoms with Crippen molar-refractivity contribution in [3.63, 3.8) is 0 Å². The van der Waals surface area contributed by atoms with Crippen LogP contribution in [0, 0.1) is 0 Å². The lowest BCUT2D eigenvalue weighted by Crippen LogP contribution is -2.38. The summed E-state index contributed by atoms with van der Waals surface area (Å²) < 4.78 is 33.5. The number of thiophene rings is 1. The highest BCUT2D eigenvalue weighted by Crippen LogP contribution is 2.37. The molecule has 0 unspecified atom stereocenters. The van der Waals surface area contributed by atoms with Gasteiger partial charge in [-0.2, -0.15) is 4.31 Å². The van der Waals surface area contributed by atoms with Gasteiger partial charge in [0.1, 0.15) is 5.00 Å². The van der Waals surface area contributed by atoms with E-state index in [1.807, 2.05) is 35.6 Å². The van der Waals surface area contributed by atoms with E-state index in [0.717, 1.165) is 16.9 Å². The molecule has 1 aromatic heterocycles. The molecule has 0 saturated carbocycles. The van der Waals surface area contributed by atoms with E-state index in [2.05, 4.69) is 5.32 Å². The van der Waals surface area contributed by atoms with Crippen LogP contribution in [-0.4, -0.2) is 60.8 Å². The second kappa shape index (κ2) is 13.4. The number of amides is 5. The number of carbonyl (C=O) groups excluding carboxylic acids is 4. The standard InChI is InChI=1S/C29H33N5O7S2/c1-4-41-29(38)33-15-14-22-23(17-33)42-27(24(22)26(36)32-28(30)37)31-25(35)20-10-12-21(13-11-20)43(39,40)34(18(2)3)16-19-8-6-5-7-9-19/h5-13,18H,4,14-17H2,1-3H3,(H,31,35)(H3,30,32,36,37). The Balaban J connectivity index is 1.58. The van der Waals surface area contributed by atoms with E-state index in [-0.39, 0.29) is 53.3 Å². The van der Waals surface area contributed by atoms with Gasteiger partial charge in [0.15, 0.2) is 0 Å². The van der Waals surface area contributed by atoms with Crippen LogP contribution in [0.5, 0.6) is 0 Å². The van der Waals surface area contributed by atoms with Crippen molar-refractivity contribution in [1.29, 1.82) is 0 Å². The van der Waals surface area contributed by atoms with Crippen LogP contribution in [0.3, 0.4) is 0 Å². The second-order valence-electron chi connectivity index (χ2n) is 10.0. The van der Waals surface area contributed by atoms with Crippen LogP contribution >= 0.6 is 11.3 Å². The summed E-state index contributed by atoms with van der Waals surface area (Å²) in [5.41, 5.74) is 6.84. The van der Waals surface area contributed by atoms with Gasteiger partial charge < -0.3 is 20.7 Å². The molecule has 228 valence electrons. The zero-order valence-corrected chi connectivity index (χ0v) is 25.6. The number of carbonyl (C=O) groups is 4. The third-order valence-corrected chi connectivity index (χ3v) is 9.92. The molecule has 14 heteroatoms. The molecule has 5 amide bonds. The molecule has 1 aliphatic rings. The average molecular weight is 628 g/mol. The number of nitrogens with two attached hydrogens (primary N) is 1. The molecule has 4 rings (SSSR count). The highest BCUT2D eigenvalue weighted by atomic mass is 32.2. The minimum Gasteiger partial charge on any atom is -0.450 e. The summed E-state index contributed by atoms with van der Waals surface area (Å²) in [6.45, 7) is 6.12. The fourth-order valence-corrected chi connectivity index (χ4v) is 7.55. The minimum absolute atomic E-state index is 0.0286. The summed E-state index contributed by atoms with van der Waals surface area (Å²) in [5.74, 6) is -1.37. The van der Waals surface area contributed by atoms with Crippen molar-refractivity contribution in [2.75, 3.05) is 18.5 Å². The molecule has 0 radical (unpaired) electrons. The number of imide groups is 1. The van der Waals surface area contributed by atoms with Gasteiger partial charge >= 0.3 is 12.1 Å². The first-order valence-corrected chi connectivity index (χ1v) is 15.8. The summed E-state index contributed by atoms with van der Waals surface area (Å²) >= 11 is 1.10. The number of hydrogen-bond acceptors (Lipinski definition) is 8. The predicted octanol–water partition coefficient (Wildman–Crippen LogP) is 3.92. The largest absolute Gasteiger partial charge is 0.450 e. The number of nitrogens with zero attached hydrogens (tertiary/aromatic N) is 2. The van der Waals surface area contributed by atoms with Crippen molar-refractivity contribution < 1.29 is 32.3 Å². The second-order valence-corrected chi connectivity index (χ2v) is 13.0. The monoisotopic (exact) mass is 627 g/mol. The number of hydrogen-bond donors (Lipinski definition) is 3. The molecule has 43 heavy (non-hydrogen) atoms. The number of nitrogens with one attached hydrogen (secondary N) is 2. The van der Waals surface area contributed by atoms with Crippen LogP contribution < -0.4 is 16.4 Å². The van der Waals surface area contributed by atoms with Crippen LogP contribution in [0.25, 0.3) is 0 Å². The van der Waals surface area contributed by atoms with E-state index in [1.165, 1.54) is 33.5 Å². The summed E-state index contributed by atoms with van der Waals surface area (Å²) in [7, 11) is -3.88. The number of fused-ring (bicyclic) bond motifs is 1. The third kappa shape index (κ3) is 7.21. The molecular formula is C29H33N5O7S2. The number of rotatable bonds is 9. The lowest BCUT2D eigenvalue weighted by Gasteiger charge is -2.26. The maximum Gasteiger partial charge on any atom is 0.410 e. The van der Waals surface area contributed by atoms with Crippen molar-refractivity contribution in [3.8, 4) is 0 Å². The van der Waals surface area contributed by atoms with Crippen molar-refractivity contribution in [3.05, 3.63) is 81.7 Å². The van der Waals surface area contributed by atoms with Gasteiger partial charge in [-0.05, 0) is 62.6 Å². The summed E-state index contributed by atoms with van der Waals surface area (Å²) in [4.78, 5) is 52.0. The Labute approximate surface area is 253 Å². The normalized spacial score (nSPS) is 13.0. The minimum atomic E-state index is -3.88. The van der Waals surface area contributed by atoms with E-state index in [4.69, 9.17) is 10.5 Å². The molecule has 4 N–H and O–H groups in total. The molecule has 0 saturated heterocycles. The summed E-state index contributed by atoms with van der Waals surface area (Å²) in [5, 5.41) is 4.93. The van der Waals surface area contributed by atoms with Crippen molar-refractivity contribution in [2.45, 2.75) is 51.2 Å². The molecule has 1 aliphatic heterocycles. The van der Waals surface area contributed by atoms with E-state index < -0.39 is 34.0 Å². The van der Waals surface area contributed by atoms with Crippen LogP contribution in [0.1, 0.15) is 57.5 Å². The molecule has 0 aliphatic carbocycles. The SMILES string of the molecule is CCOC(=O)N1CCc2c(sc(NC(=O)c3ccc(S(=O)(=O)N(Cc4ccccc4)C(C)C)cc3)c2C(=O)NC(N)=O)C1. The van der Waals surface area contributed by atoms with Crippen LogP contribution in [0.2, 0.25) is 0 Å². The highest BCUT2D eigenvalue weighted by molar-refractivity contribution is 7.89. The first kappa shape index (κ1) is 31.7. The van der Waals surface area contributed by atoms with Crippen LogP contribution in [0.4, 0.5) is 14.6 Å². The first-order valence-electron chi connectivity index (χ1n) is 13.6. The van der Waals surface area contributed by atoms with Crippen molar-refractivity contribution >= 4 is 50.3 Å². The zero-order valence-electron chi connectivity index (χ0n) is 24.0. The van der Waals surface area contributed by atoms with Gasteiger partial charge in [-0.1, -0.05) is 30.3 Å². The van der Waals surface area contributed by atoms with Gasteiger partial charge in [0.05, 0.1) is 23.6 Å². The fourth-order valence-electron chi connectivity index (χ4n) is 4.67. The Hall–Kier alpha value is -4.27. The Bertz CT molecular complexity index is 1620. The number of benzene rings is 2. The summed E-state index contributed by atoms with van der Waals surface area (Å²) in [6.07, 6.45) is -0.200. The maximum absolute atomic E-state index is 13.5. The number of urea groups is 1. The number of ether oxygens (including phenoxy) is 1. The van der Waals surface area contributed by atoms with E-state index in [9.17, 15) is 27.6 Å². The van der Waals surface area contributed by atoms with Gasteiger partial charge in [-0.25, -0.2) is 18.0 Å². The fraction of sp³-hybridized carbons (Fsp3) is 0.310. The van der Waals surface area contributed by atoms with Gasteiger partial charge in [0.2, 0.25) is 10.0 Å². The third-order valence-electron chi connectivity index (χ3n) is 6.75. The number of sulfonamides is 1. The smallest absolute Gasteiger partial charge is 0.410 e. The Kier molecular flexibility index (Phi) is 9.84. The number of primary amides is 1. The van der Waals surface area contributed by atoms with E-state index in [1.54, 1.807) is 20.8 Å². The summed E-state index contributed by atoms with van der Waals surface area (Å²) in [6, 6.07) is 13.4. The lowest BCUT2D eigenvalue weighted by molar-refractivity contribution is 0.0965. The molecule has 0 fully saturated rings. The number of anilines is 1. The molecule has 0 atom stereocenters. The van der Waals surface area contributed by atoms with Gasteiger partial charge in [0, 0.05) is 29.6 Å². The Morgan fingerprint density at radius 1 is 1.05 bits per heavy atom. The molecule has 2 heterocycles. The van der Waals surface area contributed by atoms with Gasteiger partial charge in [-0.3, -0.25) is 14.9 Å². The van der Waals surface area contributed by atoms with Crippen molar-refractivity contribution in [2.24, 2.45) is 5.73 Å². The quantitative estimate of drug-likeness (QED) is 0.323. The Morgan fingerprint density at radius 3 is 2.33 bits per heavy atom. The topological polar surface area (TPSA) is 168 Å². The van der Waals surface area contributed by atoms with E-state index >= 15 is 0 Å². The molecule has 12 nitrogen and oxygen atoms in total. The lowest BCUT2D eigenvalue weighted by atomic mass is 10.0. The maximum atomic E-state index is 13.5. The molecule has 0 bridgehead atoms. The zero-order chi connectivity index (χ0) is 31.3. The van der Waals surface area contributed by atoms with Crippen LogP contribution in [-0.2, 0) is 34.3 Å². The van der Waals surface area contributed by atoms with Crippen molar-refractivity contribution in [1.82, 2.24) is 14.5 Å². The molecule has 0 spiro atoms. The molecule has 2 aromatic carbocycles. The predicted molar refractivity (Wildman–Crippen MR) is 161 cm³/mol. The highest BCUT2D eigenvalue weighted by Gasteiger charge is 2.32. The Morgan fingerprint density at radius 2 is 1.72 bits per heavy atom. The molecular weight excluding hydrogens is 594 g/mol. The first-order chi connectivity index (χ1) is 20.4. The molecule has 3 aromatic rings. The van der Waals surface area contributed by atoms with E-state index in [0.29, 0.717) is 16.9 Å². The van der Waals surface area contributed by atoms with Gasteiger partial charge in [-0.15, -0.1) is 11.3 Å². The van der Waals surface area contributed by atoms with Crippen LogP contribution in [0.15, 0.2) is 59.5 Å². The average Bonchev–Trinajstić information content (AvgIpc) is 3.33.